The monoisotopic (exact) mass is 290 g/mol. The van der Waals surface area contributed by atoms with E-state index >= 15 is 0 Å². The van der Waals surface area contributed by atoms with Gasteiger partial charge in [0.2, 0.25) is 0 Å². The Morgan fingerprint density at radius 3 is 2.25 bits per heavy atom. The van der Waals surface area contributed by atoms with Gasteiger partial charge in [0, 0.05) is 11.8 Å². The van der Waals surface area contributed by atoms with Crippen molar-refractivity contribution < 1.29 is 13.2 Å². The standard InChI is InChI=1S/C16H18O3S/c1-12-4-7-14(8-5-12)15-9-6-13(10-16(15)19-2)11-20(3,17)18/h4-10H,11H2,1-3H3. The highest BCUT2D eigenvalue weighted by molar-refractivity contribution is 7.89. The van der Waals surface area contributed by atoms with Gasteiger partial charge < -0.3 is 4.74 Å². The first-order valence-corrected chi connectivity index (χ1v) is 8.37. The number of benzene rings is 2. The molecule has 0 fully saturated rings. The molecule has 0 aliphatic carbocycles. The molecule has 0 radical (unpaired) electrons. The first-order valence-electron chi connectivity index (χ1n) is 6.31. The van der Waals surface area contributed by atoms with Crippen LogP contribution in [0.25, 0.3) is 11.1 Å². The minimum absolute atomic E-state index is 0.0253. The number of methoxy groups -OCH3 is 1. The van der Waals surface area contributed by atoms with Crippen molar-refractivity contribution in [3.05, 3.63) is 53.6 Å². The largest absolute Gasteiger partial charge is 0.496 e. The van der Waals surface area contributed by atoms with Crippen molar-refractivity contribution in [2.24, 2.45) is 0 Å². The number of ether oxygens (including phenoxy) is 1. The van der Waals surface area contributed by atoms with Crippen LogP contribution in [0.2, 0.25) is 0 Å². The number of hydrogen-bond acceptors (Lipinski definition) is 3. The van der Waals surface area contributed by atoms with Crippen LogP contribution in [-0.4, -0.2) is 21.8 Å². The van der Waals surface area contributed by atoms with Crippen molar-refractivity contribution in [1.29, 1.82) is 0 Å². The molecule has 3 nitrogen and oxygen atoms in total. The predicted octanol–water partition coefficient (Wildman–Crippen LogP) is 3.22. The van der Waals surface area contributed by atoms with Crippen LogP contribution < -0.4 is 4.74 Å². The van der Waals surface area contributed by atoms with Gasteiger partial charge >= 0.3 is 0 Å². The van der Waals surface area contributed by atoms with E-state index in [0.717, 1.165) is 16.7 Å². The topological polar surface area (TPSA) is 43.4 Å². The van der Waals surface area contributed by atoms with Crippen molar-refractivity contribution in [1.82, 2.24) is 0 Å². The molecular weight excluding hydrogens is 272 g/mol. The maximum atomic E-state index is 11.4. The Hall–Kier alpha value is -1.81. The molecule has 0 aliphatic heterocycles. The molecule has 4 heteroatoms. The summed E-state index contributed by atoms with van der Waals surface area (Å²) in [5.74, 6) is 0.715. The first-order chi connectivity index (χ1) is 9.39. The Kier molecular flexibility index (Phi) is 4.14. The number of hydrogen-bond donors (Lipinski definition) is 0. The molecule has 106 valence electrons. The third kappa shape index (κ3) is 3.61. The molecule has 2 aromatic carbocycles. The Bertz CT molecular complexity index is 701. The summed E-state index contributed by atoms with van der Waals surface area (Å²) in [4.78, 5) is 0. The van der Waals surface area contributed by atoms with Crippen LogP contribution >= 0.6 is 0 Å². The van der Waals surface area contributed by atoms with E-state index in [9.17, 15) is 8.42 Å². The van der Waals surface area contributed by atoms with E-state index in [1.807, 2.05) is 43.3 Å². The third-order valence-electron chi connectivity index (χ3n) is 3.06. The molecule has 2 aromatic rings. The Balaban J connectivity index is 2.42. The summed E-state index contributed by atoms with van der Waals surface area (Å²) in [6.45, 7) is 2.04. The minimum atomic E-state index is -3.04. The van der Waals surface area contributed by atoms with Crippen LogP contribution in [0, 0.1) is 6.92 Å². The molecule has 0 N–H and O–H groups in total. The van der Waals surface area contributed by atoms with Crippen molar-refractivity contribution in [2.45, 2.75) is 12.7 Å². The van der Waals surface area contributed by atoms with Crippen LogP contribution in [0.3, 0.4) is 0 Å². The molecule has 0 aromatic heterocycles. The molecule has 20 heavy (non-hydrogen) atoms. The number of aryl methyl sites for hydroxylation is 1. The van der Waals surface area contributed by atoms with Gasteiger partial charge in [-0.15, -0.1) is 0 Å². The fraction of sp³-hybridized carbons (Fsp3) is 0.250. The van der Waals surface area contributed by atoms with E-state index < -0.39 is 9.84 Å². The molecule has 0 aliphatic rings. The molecule has 0 atom stereocenters. The quantitative estimate of drug-likeness (QED) is 0.868. The lowest BCUT2D eigenvalue weighted by Gasteiger charge is -2.11. The van der Waals surface area contributed by atoms with Crippen LogP contribution in [0.4, 0.5) is 0 Å². The second-order valence-corrected chi connectivity index (χ2v) is 7.11. The van der Waals surface area contributed by atoms with E-state index in [0.29, 0.717) is 5.75 Å². The molecule has 0 unspecified atom stereocenters. The van der Waals surface area contributed by atoms with Crippen molar-refractivity contribution in [2.75, 3.05) is 13.4 Å². The molecule has 0 heterocycles. The van der Waals surface area contributed by atoms with Gasteiger partial charge in [-0.2, -0.15) is 0 Å². The zero-order chi connectivity index (χ0) is 14.8. The molecular formula is C16H18O3S. The lowest BCUT2D eigenvalue weighted by Crippen LogP contribution is -2.01. The van der Waals surface area contributed by atoms with Gasteiger partial charge in [-0.25, -0.2) is 8.42 Å². The summed E-state index contributed by atoms with van der Waals surface area (Å²) in [7, 11) is -1.45. The highest BCUT2D eigenvalue weighted by atomic mass is 32.2. The second-order valence-electron chi connectivity index (χ2n) is 4.97. The van der Waals surface area contributed by atoms with Crippen LogP contribution in [0.1, 0.15) is 11.1 Å². The summed E-state index contributed by atoms with van der Waals surface area (Å²) < 4.78 is 28.1. The van der Waals surface area contributed by atoms with Gasteiger partial charge in [-0.3, -0.25) is 0 Å². The lowest BCUT2D eigenvalue weighted by molar-refractivity contribution is 0.416. The smallest absolute Gasteiger partial charge is 0.151 e. The summed E-state index contributed by atoms with van der Waals surface area (Å²) in [5.41, 5.74) is 3.95. The molecule has 0 saturated carbocycles. The zero-order valence-corrected chi connectivity index (χ0v) is 12.7. The fourth-order valence-electron chi connectivity index (χ4n) is 2.10. The van der Waals surface area contributed by atoms with E-state index in [-0.39, 0.29) is 5.75 Å². The Labute approximate surface area is 120 Å². The minimum Gasteiger partial charge on any atom is -0.496 e. The van der Waals surface area contributed by atoms with Crippen molar-refractivity contribution in [3.63, 3.8) is 0 Å². The Morgan fingerprint density at radius 1 is 1.05 bits per heavy atom. The normalized spacial score (nSPS) is 11.3. The van der Waals surface area contributed by atoms with Crippen LogP contribution in [0.15, 0.2) is 42.5 Å². The summed E-state index contributed by atoms with van der Waals surface area (Å²) in [6.07, 6.45) is 1.23. The predicted molar refractivity (Wildman–Crippen MR) is 81.7 cm³/mol. The van der Waals surface area contributed by atoms with Crippen molar-refractivity contribution >= 4 is 9.84 Å². The summed E-state index contributed by atoms with van der Waals surface area (Å²) in [6, 6.07) is 13.7. The average molecular weight is 290 g/mol. The summed E-state index contributed by atoms with van der Waals surface area (Å²) >= 11 is 0. The molecule has 0 bridgehead atoms. The van der Waals surface area contributed by atoms with Gasteiger partial charge in [0.1, 0.15) is 5.75 Å². The summed E-state index contributed by atoms with van der Waals surface area (Å²) in [5, 5.41) is 0. The molecule has 0 amide bonds. The molecule has 0 saturated heterocycles. The van der Waals surface area contributed by atoms with E-state index in [2.05, 4.69) is 0 Å². The molecule has 2 rings (SSSR count). The van der Waals surface area contributed by atoms with Gasteiger partial charge in [0.05, 0.1) is 12.9 Å². The average Bonchev–Trinajstić information content (AvgIpc) is 2.38. The van der Waals surface area contributed by atoms with E-state index in [1.165, 1.54) is 11.8 Å². The zero-order valence-electron chi connectivity index (χ0n) is 11.9. The number of rotatable bonds is 4. The van der Waals surface area contributed by atoms with Gasteiger partial charge in [0.15, 0.2) is 9.84 Å². The first kappa shape index (κ1) is 14.6. The second kappa shape index (κ2) is 5.67. The van der Waals surface area contributed by atoms with Gasteiger partial charge in [-0.1, -0.05) is 42.0 Å². The highest BCUT2D eigenvalue weighted by Crippen LogP contribution is 2.31. The third-order valence-corrected chi connectivity index (χ3v) is 3.92. The van der Waals surface area contributed by atoms with Gasteiger partial charge in [-0.05, 0) is 24.1 Å². The highest BCUT2D eigenvalue weighted by Gasteiger charge is 2.10. The van der Waals surface area contributed by atoms with Crippen molar-refractivity contribution in [3.8, 4) is 16.9 Å². The van der Waals surface area contributed by atoms with Crippen LogP contribution in [-0.2, 0) is 15.6 Å². The fourth-order valence-corrected chi connectivity index (χ4v) is 2.88. The maximum absolute atomic E-state index is 11.4. The molecule has 0 spiro atoms. The Morgan fingerprint density at radius 2 is 1.70 bits per heavy atom. The van der Waals surface area contributed by atoms with E-state index in [4.69, 9.17) is 4.74 Å². The van der Waals surface area contributed by atoms with Crippen LogP contribution in [0.5, 0.6) is 5.75 Å². The lowest BCUT2D eigenvalue weighted by atomic mass is 10.0. The number of sulfone groups is 1. The van der Waals surface area contributed by atoms with E-state index in [1.54, 1.807) is 13.2 Å². The maximum Gasteiger partial charge on any atom is 0.151 e. The van der Waals surface area contributed by atoms with Gasteiger partial charge in [0.25, 0.3) is 0 Å². The SMILES string of the molecule is COc1cc(CS(C)(=O)=O)ccc1-c1ccc(C)cc1.